The number of esters is 1. The van der Waals surface area contributed by atoms with Crippen molar-refractivity contribution in [1.82, 2.24) is 4.90 Å². The fraction of sp³-hybridized carbons (Fsp3) is 0.444. The normalized spacial score (nSPS) is 12.2. The first-order valence-corrected chi connectivity index (χ1v) is 8.25. The van der Waals surface area contributed by atoms with E-state index in [9.17, 15) is 9.59 Å². The molecule has 0 saturated carbocycles. The molecule has 0 aliphatic rings. The summed E-state index contributed by atoms with van der Waals surface area (Å²) in [4.78, 5) is 25.6. The summed E-state index contributed by atoms with van der Waals surface area (Å²) in [5, 5.41) is 0.657. The van der Waals surface area contributed by atoms with E-state index in [1.165, 1.54) is 6.08 Å². The minimum Gasteiger partial charge on any atom is -0.466 e. The number of nitrogens with zero attached hydrogens (tertiary/aromatic N) is 1. The third-order valence-corrected chi connectivity index (χ3v) is 3.81. The molecule has 0 fully saturated rings. The monoisotopic (exact) mass is 337 g/mol. The fourth-order valence-corrected chi connectivity index (χ4v) is 2.18. The number of benzene rings is 1. The molecule has 1 unspecified atom stereocenters. The van der Waals surface area contributed by atoms with Crippen LogP contribution in [-0.4, -0.2) is 36.0 Å². The average molecular weight is 338 g/mol. The first-order chi connectivity index (χ1) is 11.0. The second-order valence-corrected chi connectivity index (χ2v) is 5.67. The van der Waals surface area contributed by atoms with Crippen LogP contribution in [-0.2, 0) is 14.3 Å². The van der Waals surface area contributed by atoms with Gasteiger partial charge in [-0.25, -0.2) is 0 Å². The Labute approximate surface area is 143 Å². The van der Waals surface area contributed by atoms with Gasteiger partial charge < -0.3 is 9.64 Å². The van der Waals surface area contributed by atoms with Gasteiger partial charge in [-0.2, -0.15) is 0 Å². The van der Waals surface area contributed by atoms with Gasteiger partial charge in [-0.05, 0) is 44.0 Å². The van der Waals surface area contributed by atoms with Crippen molar-refractivity contribution >= 4 is 29.6 Å². The quantitative estimate of drug-likeness (QED) is 0.533. The molecule has 126 valence electrons. The molecule has 0 aliphatic heterocycles. The summed E-state index contributed by atoms with van der Waals surface area (Å²) in [6.07, 6.45) is 4.31. The van der Waals surface area contributed by atoms with E-state index in [0.717, 1.165) is 12.0 Å². The van der Waals surface area contributed by atoms with Gasteiger partial charge in [0, 0.05) is 23.7 Å². The summed E-state index contributed by atoms with van der Waals surface area (Å²) in [5.74, 6) is -0.395. The first-order valence-electron chi connectivity index (χ1n) is 7.87. The Kier molecular flexibility index (Phi) is 8.41. The van der Waals surface area contributed by atoms with Crippen molar-refractivity contribution < 1.29 is 14.3 Å². The van der Waals surface area contributed by atoms with Gasteiger partial charge in [-0.1, -0.05) is 30.7 Å². The highest BCUT2D eigenvalue weighted by molar-refractivity contribution is 6.30. The lowest BCUT2D eigenvalue weighted by Gasteiger charge is -2.27. The van der Waals surface area contributed by atoms with Crippen molar-refractivity contribution in [2.75, 3.05) is 13.2 Å². The van der Waals surface area contributed by atoms with Crippen LogP contribution in [0.25, 0.3) is 6.08 Å². The van der Waals surface area contributed by atoms with E-state index in [1.807, 2.05) is 26.0 Å². The Hall–Kier alpha value is -1.81. The molecule has 1 atom stereocenters. The first kappa shape index (κ1) is 19.2. The van der Waals surface area contributed by atoms with Gasteiger partial charge in [-0.15, -0.1) is 0 Å². The molecule has 0 bridgehead atoms. The molecule has 1 aromatic carbocycles. The predicted molar refractivity (Wildman–Crippen MR) is 93.2 cm³/mol. The van der Waals surface area contributed by atoms with Crippen molar-refractivity contribution in [1.29, 1.82) is 0 Å². The highest BCUT2D eigenvalue weighted by atomic mass is 35.5. The van der Waals surface area contributed by atoms with E-state index < -0.39 is 0 Å². The van der Waals surface area contributed by atoms with Crippen molar-refractivity contribution in [3.8, 4) is 0 Å². The SMILES string of the molecule is CCOC(=O)CCN(C(=O)/C=C/c1ccc(Cl)cc1)C(C)CC. The Morgan fingerprint density at radius 3 is 2.48 bits per heavy atom. The number of rotatable bonds is 8. The van der Waals surface area contributed by atoms with Crippen LogP contribution < -0.4 is 0 Å². The van der Waals surface area contributed by atoms with Crippen LogP contribution in [0.4, 0.5) is 0 Å². The largest absolute Gasteiger partial charge is 0.466 e. The summed E-state index contributed by atoms with van der Waals surface area (Å²) in [7, 11) is 0. The molecular formula is C18H24ClNO3. The molecule has 1 aromatic rings. The number of carbonyl (C=O) groups excluding carboxylic acids is 2. The van der Waals surface area contributed by atoms with Gasteiger partial charge in [0.05, 0.1) is 13.0 Å². The van der Waals surface area contributed by atoms with Gasteiger partial charge in [-0.3, -0.25) is 9.59 Å². The van der Waals surface area contributed by atoms with Crippen molar-refractivity contribution in [2.45, 2.75) is 39.7 Å². The number of amides is 1. The van der Waals surface area contributed by atoms with Crippen molar-refractivity contribution in [3.63, 3.8) is 0 Å². The lowest BCUT2D eigenvalue weighted by molar-refractivity contribution is -0.144. The molecule has 0 saturated heterocycles. The van der Waals surface area contributed by atoms with Crippen LogP contribution in [0.15, 0.2) is 30.3 Å². The molecule has 1 amide bonds. The Morgan fingerprint density at radius 1 is 1.26 bits per heavy atom. The number of hydrogen-bond donors (Lipinski definition) is 0. The van der Waals surface area contributed by atoms with E-state index in [4.69, 9.17) is 16.3 Å². The van der Waals surface area contributed by atoms with Crippen LogP contribution in [0, 0.1) is 0 Å². The van der Waals surface area contributed by atoms with Gasteiger partial charge in [0.2, 0.25) is 5.91 Å². The van der Waals surface area contributed by atoms with Crippen LogP contribution in [0.5, 0.6) is 0 Å². The predicted octanol–water partition coefficient (Wildman–Crippen LogP) is 3.93. The molecule has 4 nitrogen and oxygen atoms in total. The molecule has 0 spiro atoms. The maximum Gasteiger partial charge on any atom is 0.307 e. The highest BCUT2D eigenvalue weighted by Crippen LogP contribution is 2.12. The van der Waals surface area contributed by atoms with Gasteiger partial charge in [0.15, 0.2) is 0 Å². The smallest absolute Gasteiger partial charge is 0.307 e. The molecule has 0 heterocycles. The Morgan fingerprint density at radius 2 is 1.91 bits per heavy atom. The van der Waals surface area contributed by atoms with E-state index >= 15 is 0 Å². The average Bonchev–Trinajstić information content (AvgIpc) is 2.54. The number of ether oxygens (including phenoxy) is 1. The number of halogens is 1. The van der Waals surface area contributed by atoms with E-state index in [1.54, 1.807) is 30.0 Å². The standard InChI is InChI=1S/C18H24ClNO3/c1-4-14(3)20(13-12-18(22)23-5-2)17(21)11-8-15-6-9-16(19)10-7-15/h6-11,14H,4-5,12-13H2,1-3H3/b11-8+. The van der Waals surface area contributed by atoms with Crippen LogP contribution in [0.1, 0.15) is 39.2 Å². The number of carbonyl (C=O) groups is 2. The minimum atomic E-state index is -0.282. The summed E-state index contributed by atoms with van der Waals surface area (Å²) < 4.78 is 4.92. The van der Waals surface area contributed by atoms with Crippen LogP contribution in [0.2, 0.25) is 5.02 Å². The molecule has 0 aromatic heterocycles. The third-order valence-electron chi connectivity index (χ3n) is 3.56. The second-order valence-electron chi connectivity index (χ2n) is 5.23. The summed E-state index contributed by atoms with van der Waals surface area (Å²) in [6, 6.07) is 7.31. The van der Waals surface area contributed by atoms with Crippen LogP contribution in [0.3, 0.4) is 0 Å². The molecule has 0 radical (unpaired) electrons. The maximum atomic E-state index is 12.4. The summed E-state index contributed by atoms with van der Waals surface area (Å²) in [6.45, 7) is 6.46. The van der Waals surface area contributed by atoms with Crippen LogP contribution >= 0.6 is 11.6 Å². The second kappa shape index (κ2) is 10.1. The molecule has 1 rings (SSSR count). The molecular weight excluding hydrogens is 314 g/mol. The Balaban J connectivity index is 2.71. The zero-order valence-electron chi connectivity index (χ0n) is 13.9. The number of hydrogen-bond acceptors (Lipinski definition) is 3. The zero-order chi connectivity index (χ0) is 17.2. The lowest BCUT2D eigenvalue weighted by Crippen LogP contribution is -2.38. The lowest BCUT2D eigenvalue weighted by atomic mass is 10.1. The molecule has 0 aliphatic carbocycles. The fourth-order valence-electron chi connectivity index (χ4n) is 2.05. The summed E-state index contributed by atoms with van der Waals surface area (Å²) >= 11 is 5.84. The van der Waals surface area contributed by atoms with Gasteiger partial charge in [0.25, 0.3) is 0 Å². The third kappa shape index (κ3) is 6.87. The van der Waals surface area contributed by atoms with Crippen molar-refractivity contribution in [3.05, 3.63) is 40.9 Å². The van der Waals surface area contributed by atoms with E-state index in [2.05, 4.69) is 0 Å². The van der Waals surface area contributed by atoms with Gasteiger partial charge in [0.1, 0.15) is 0 Å². The zero-order valence-corrected chi connectivity index (χ0v) is 14.7. The summed E-state index contributed by atoms with van der Waals surface area (Å²) in [5.41, 5.74) is 0.900. The molecule has 5 heteroatoms. The van der Waals surface area contributed by atoms with Gasteiger partial charge >= 0.3 is 5.97 Å². The van der Waals surface area contributed by atoms with E-state index in [-0.39, 0.29) is 24.3 Å². The Bertz CT molecular complexity index is 540. The van der Waals surface area contributed by atoms with Crippen molar-refractivity contribution in [2.24, 2.45) is 0 Å². The van der Waals surface area contributed by atoms with E-state index in [0.29, 0.717) is 18.2 Å². The highest BCUT2D eigenvalue weighted by Gasteiger charge is 2.18. The molecule has 23 heavy (non-hydrogen) atoms. The minimum absolute atomic E-state index is 0.0618. The maximum absolute atomic E-state index is 12.4. The molecule has 0 N–H and O–H groups in total. The topological polar surface area (TPSA) is 46.6 Å².